The molecule has 0 bridgehead atoms. The van der Waals surface area contributed by atoms with Crippen LogP contribution in [0.5, 0.6) is 11.5 Å². The third-order valence-corrected chi connectivity index (χ3v) is 9.57. The first-order valence-electron chi connectivity index (χ1n) is 21.4. The van der Waals surface area contributed by atoms with Gasteiger partial charge in [-0.1, -0.05) is 38.0 Å². The number of rotatable bonds is 20. The Morgan fingerprint density at radius 3 is 1.42 bits per heavy atom. The highest BCUT2D eigenvalue weighted by atomic mass is 16.7. The molecular weight excluding hydrogens is 799 g/mol. The van der Waals surface area contributed by atoms with Gasteiger partial charge in [-0.15, -0.1) is 0 Å². The molecule has 1 fully saturated rings. The van der Waals surface area contributed by atoms with Crippen molar-refractivity contribution in [3.63, 3.8) is 0 Å². The maximum Gasteiger partial charge on any atom is 0.408 e. The molecule has 17 heteroatoms. The maximum absolute atomic E-state index is 12.7. The minimum atomic E-state index is -0.963. The average Bonchev–Trinajstić information content (AvgIpc) is 3.19. The third kappa shape index (κ3) is 19.0. The standard InChI is InChI=1S/C45H69N7O10/c1-29(2)36(48-42(55)59-44(5,6)7)40(53)61-50-38(46)32-14-18-34(19-15-32)57-27-11-13-31-22-25-52(26-23-31)24-12-28-58-35-20-16-33(17-21-35)39(47)51-62-41(54)37(30(3)4)49-43(56)60-45(8,9)10/h14-21,29-31,36-37H,11-13,22-28H2,1-10H3,(H2,46,50)(H2,47,51)(H,48,55)(H,49,56)/t36?,37-/m0/s1. The van der Waals surface area contributed by atoms with Crippen LogP contribution in [0.3, 0.4) is 0 Å². The minimum absolute atomic E-state index is 0.0113. The summed E-state index contributed by atoms with van der Waals surface area (Å²) in [5.41, 5.74) is 11.8. The fourth-order valence-corrected chi connectivity index (χ4v) is 6.25. The predicted molar refractivity (Wildman–Crippen MR) is 237 cm³/mol. The second-order valence-corrected chi connectivity index (χ2v) is 18.0. The van der Waals surface area contributed by atoms with E-state index in [9.17, 15) is 19.2 Å². The first kappa shape index (κ1) is 50.8. The van der Waals surface area contributed by atoms with Crippen molar-refractivity contribution in [1.29, 1.82) is 0 Å². The van der Waals surface area contributed by atoms with Crippen LogP contribution in [-0.2, 0) is 28.7 Å². The number of ether oxygens (including phenoxy) is 4. The Bertz CT molecular complexity index is 1660. The molecule has 2 atom stereocenters. The number of piperidine rings is 1. The van der Waals surface area contributed by atoms with Gasteiger partial charge in [0.05, 0.1) is 13.2 Å². The number of oxime groups is 2. The molecule has 0 aliphatic carbocycles. The molecule has 0 spiro atoms. The van der Waals surface area contributed by atoms with Gasteiger partial charge in [0.2, 0.25) is 0 Å². The number of hydrogen-bond acceptors (Lipinski definition) is 13. The fraction of sp³-hybridized carbons (Fsp3) is 0.600. The maximum atomic E-state index is 12.7. The van der Waals surface area contributed by atoms with E-state index in [1.54, 1.807) is 118 Å². The number of nitrogens with two attached hydrogens (primary N) is 2. The molecule has 1 unspecified atom stereocenters. The molecule has 0 radical (unpaired) electrons. The summed E-state index contributed by atoms with van der Waals surface area (Å²) in [6.45, 7) is 21.7. The molecule has 3 rings (SSSR count). The number of amidine groups is 2. The molecular formula is C45H69N7O10. The second-order valence-electron chi connectivity index (χ2n) is 18.0. The lowest BCUT2D eigenvalue weighted by atomic mass is 9.92. The monoisotopic (exact) mass is 868 g/mol. The normalized spacial score (nSPS) is 15.4. The van der Waals surface area contributed by atoms with Gasteiger partial charge in [0.25, 0.3) is 0 Å². The molecule has 62 heavy (non-hydrogen) atoms. The van der Waals surface area contributed by atoms with Gasteiger partial charge in [0.15, 0.2) is 11.7 Å². The molecule has 2 aromatic carbocycles. The molecule has 2 aromatic rings. The lowest BCUT2D eigenvalue weighted by Gasteiger charge is -2.32. The highest BCUT2D eigenvalue weighted by Crippen LogP contribution is 2.23. The van der Waals surface area contributed by atoms with Crippen LogP contribution in [0, 0.1) is 17.8 Å². The summed E-state index contributed by atoms with van der Waals surface area (Å²) in [5, 5.41) is 12.6. The Balaban J connectivity index is 1.30. The summed E-state index contributed by atoms with van der Waals surface area (Å²) in [6, 6.07) is 12.2. The van der Waals surface area contributed by atoms with E-state index in [4.69, 9.17) is 40.1 Å². The van der Waals surface area contributed by atoms with E-state index in [2.05, 4.69) is 25.8 Å². The molecule has 0 saturated carbocycles. The molecule has 1 aliphatic heterocycles. The number of amides is 2. The summed E-state index contributed by atoms with van der Waals surface area (Å²) >= 11 is 0. The Morgan fingerprint density at radius 2 is 1.05 bits per heavy atom. The van der Waals surface area contributed by atoms with Gasteiger partial charge < -0.3 is 55.6 Å². The number of benzene rings is 2. The van der Waals surface area contributed by atoms with Gasteiger partial charge in [0, 0.05) is 17.7 Å². The third-order valence-electron chi connectivity index (χ3n) is 9.57. The number of nitrogens with one attached hydrogen (secondary N) is 2. The number of hydrogen-bond donors (Lipinski definition) is 4. The van der Waals surface area contributed by atoms with Gasteiger partial charge in [-0.2, -0.15) is 0 Å². The quantitative estimate of drug-likeness (QED) is 0.0369. The largest absolute Gasteiger partial charge is 0.494 e. The Hall–Kier alpha value is -5.58. The van der Waals surface area contributed by atoms with Gasteiger partial charge in [0.1, 0.15) is 34.8 Å². The first-order chi connectivity index (χ1) is 29.1. The van der Waals surface area contributed by atoms with Crippen molar-refractivity contribution in [2.75, 3.05) is 32.8 Å². The number of likely N-dealkylation sites (tertiary alicyclic amines) is 1. The Labute approximate surface area is 366 Å². The fourth-order valence-electron chi connectivity index (χ4n) is 6.25. The first-order valence-corrected chi connectivity index (χ1v) is 21.4. The summed E-state index contributed by atoms with van der Waals surface area (Å²) in [4.78, 5) is 62.3. The molecule has 1 aliphatic rings. The number of nitrogens with zero attached hydrogens (tertiary/aromatic N) is 3. The van der Waals surface area contributed by atoms with Crippen molar-refractivity contribution in [3.05, 3.63) is 59.7 Å². The SMILES string of the molecule is CC(C)C(NC(=O)OC(C)(C)C)C(=O)O/N=C(\N)c1ccc(OCCCC2CCN(CCCOc3ccc(/C(N)=N/OC(=O)[C@@H](NC(=O)OC(C)(C)C)C(C)C)cc3)CC2)cc1. The molecule has 2 amide bonds. The highest BCUT2D eigenvalue weighted by Gasteiger charge is 2.30. The topological polar surface area (TPSA) is 228 Å². The van der Waals surface area contributed by atoms with Gasteiger partial charge >= 0.3 is 24.1 Å². The lowest BCUT2D eigenvalue weighted by Crippen LogP contribution is -2.46. The summed E-state index contributed by atoms with van der Waals surface area (Å²) in [6.07, 6.45) is 3.77. The van der Waals surface area contributed by atoms with Crippen LogP contribution in [0.1, 0.15) is 112 Å². The highest BCUT2D eigenvalue weighted by molar-refractivity contribution is 5.98. The van der Waals surface area contributed by atoms with Gasteiger partial charge in [-0.05, 0) is 153 Å². The predicted octanol–water partition coefficient (Wildman–Crippen LogP) is 6.45. The van der Waals surface area contributed by atoms with E-state index >= 15 is 0 Å². The van der Waals surface area contributed by atoms with Crippen molar-refractivity contribution >= 4 is 35.8 Å². The van der Waals surface area contributed by atoms with Crippen LogP contribution in [0.4, 0.5) is 9.59 Å². The average molecular weight is 868 g/mol. The van der Waals surface area contributed by atoms with E-state index < -0.39 is 47.4 Å². The molecule has 6 N–H and O–H groups in total. The van der Waals surface area contributed by atoms with Crippen molar-refractivity contribution in [3.8, 4) is 11.5 Å². The van der Waals surface area contributed by atoms with Crippen molar-refractivity contribution in [2.45, 2.75) is 125 Å². The van der Waals surface area contributed by atoms with Crippen LogP contribution in [0.15, 0.2) is 58.8 Å². The van der Waals surface area contributed by atoms with Crippen molar-refractivity contribution < 1.29 is 47.8 Å². The van der Waals surface area contributed by atoms with Crippen molar-refractivity contribution in [1.82, 2.24) is 15.5 Å². The lowest BCUT2D eigenvalue weighted by molar-refractivity contribution is -0.148. The minimum Gasteiger partial charge on any atom is -0.494 e. The molecule has 1 heterocycles. The summed E-state index contributed by atoms with van der Waals surface area (Å²) in [7, 11) is 0. The van der Waals surface area contributed by atoms with Gasteiger partial charge in [-0.25, -0.2) is 19.2 Å². The van der Waals surface area contributed by atoms with E-state index in [1.807, 2.05) is 0 Å². The smallest absolute Gasteiger partial charge is 0.408 e. The molecule has 344 valence electrons. The zero-order valence-corrected chi connectivity index (χ0v) is 38.2. The molecule has 17 nitrogen and oxygen atoms in total. The summed E-state index contributed by atoms with van der Waals surface area (Å²) < 4.78 is 22.4. The Kier molecular flexibility index (Phi) is 19.8. The number of carbonyl (C=O) groups excluding carboxylic acids is 4. The second kappa shape index (κ2) is 24.2. The molecule has 0 aromatic heterocycles. The summed E-state index contributed by atoms with van der Waals surface area (Å²) in [5.74, 6) is 0.0402. The number of alkyl carbamates (subject to hydrolysis) is 2. The van der Waals surface area contributed by atoms with Crippen LogP contribution in [0.2, 0.25) is 0 Å². The van der Waals surface area contributed by atoms with E-state index in [-0.39, 0.29) is 23.5 Å². The molecule has 1 saturated heterocycles. The van der Waals surface area contributed by atoms with Crippen molar-refractivity contribution in [2.24, 2.45) is 39.5 Å². The zero-order valence-electron chi connectivity index (χ0n) is 38.2. The van der Waals surface area contributed by atoms with Crippen LogP contribution >= 0.6 is 0 Å². The van der Waals surface area contributed by atoms with Crippen LogP contribution < -0.4 is 31.6 Å². The van der Waals surface area contributed by atoms with E-state index in [0.717, 1.165) is 51.7 Å². The number of carbonyl (C=O) groups is 4. The zero-order chi connectivity index (χ0) is 46.0. The van der Waals surface area contributed by atoms with Gasteiger partial charge in [-0.3, -0.25) is 0 Å². The van der Waals surface area contributed by atoms with E-state index in [1.165, 1.54) is 0 Å². The van der Waals surface area contributed by atoms with E-state index in [0.29, 0.717) is 41.8 Å². The van der Waals surface area contributed by atoms with Crippen LogP contribution in [-0.4, -0.2) is 96.8 Å². The Morgan fingerprint density at radius 1 is 0.661 bits per heavy atom. The van der Waals surface area contributed by atoms with Crippen LogP contribution in [0.25, 0.3) is 0 Å².